The third kappa shape index (κ3) is 37.0. The molecule has 0 aliphatic rings. The lowest BCUT2D eigenvalue weighted by Crippen LogP contribution is -2.62. The van der Waals surface area contributed by atoms with E-state index in [1.54, 1.807) is 44.2 Å². The van der Waals surface area contributed by atoms with Gasteiger partial charge in [-0.1, -0.05) is 85.7 Å². The van der Waals surface area contributed by atoms with Crippen molar-refractivity contribution in [3.8, 4) is 0 Å². The first kappa shape index (κ1) is 99.4. The maximum absolute atomic E-state index is 14.3. The highest BCUT2D eigenvalue weighted by atomic mass is 16.4. The van der Waals surface area contributed by atoms with Gasteiger partial charge in [0.25, 0.3) is 0 Å². The number of carbonyl (C=O) groups excluding carboxylic acids is 14. The summed E-state index contributed by atoms with van der Waals surface area (Å²) in [6, 6.07) is -15.6. The average Bonchev–Trinajstić information content (AvgIpc) is 0.852. The summed E-state index contributed by atoms with van der Waals surface area (Å²) in [5, 5.41) is 99.6. The summed E-state index contributed by atoms with van der Waals surface area (Å²) in [4.78, 5) is 242. The van der Waals surface area contributed by atoms with Crippen LogP contribution in [0.1, 0.15) is 151 Å². The summed E-state index contributed by atoms with van der Waals surface area (Å²) < 4.78 is 0. The number of nitrogens with two attached hydrogens (primary N) is 4. The van der Waals surface area contributed by atoms with Crippen molar-refractivity contribution in [2.75, 3.05) is 26.3 Å². The highest BCUT2D eigenvalue weighted by Gasteiger charge is 2.40. The quantitative estimate of drug-likeness (QED) is 0.0269. The van der Waals surface area contributed by atoms with Crippen molar-refractivity contribution in [3.05, 3.63) is 35.9 Å². The molecule has 0 aliphatic heterocycles. The summed E-state index contributed by atoms with van der Waals surface area (Å²) in [7, 11) is 0. The molecule has 0 radical (unpaired) electrons. The molecule has 630 valence electrons. The first-order valence-electron chi connectivity index (χ1n) is 36.6. The number of primary amides is 1. The van der Waals surface area contributed by atoms with Gasteiger partial charge in [-0.25, -0.2) is 4.79 Å². The van der Waals surface area contributed by atoms with Crippen molar-refractivity contribution in [2.24, 2.45) is 46.6 Å². The summed E-state index contributed by atoms with van der Waals surface area (Å²) in [6.45, 7) is 11.2. The van der Waals surface area contributed by atoms with Gasteiger partial charge < -0.3 is 128 Å². The normalized spacial score (nSPS) is 15.3. The second kappa shape index (κ2) is 51.1. The largest absolute Gasteiger partial charge is 0.481 e. The molecular formula is C70H115N17O25. The van der Waals surface area contributed by atoms with Gasteiger partial charge in [0.05, 0.1) is 32.2 Å². The zero-order chi connectivity index (χ0) is 85.4. The van der Waals surface area contributed by atoms with Gasteiger partial charge in [-0.15, -0.1) is 0 Å². The molecule has 0 aromatic heterocycles. The number of nitrogens with one attached hydrogen (secondary N) is 13. The lowest BCUT2D eigenvalue weighted by molar-refractivity contribution is -0.143. The van der Waals surface area contributed by atoms with Crippen molar-refractivity contribution >= 4 is 107 Å². The molecule has 15 atom stereocenters. The number of hydrogen-bond donors (Lipinski definition) is 24. The minimum atomic E-state index is -2.14. The van der Waals surface area contributed by atoms with Crippen molar-refractivity contribution in [1.82, 2.24) is 69.1 Å². The molecule has 0 fully saturated rings. The Bertz CT molecular complexity index is 3360. The zero-order valence-electron chi connectivity index (χ0n) is 64.4. The van der Waals surface area contributed by atoms with E-state index in [1.165, 1.54) is 48.5 Å². The van der Waals surface area contributed by atoms with Gasteiger partial charge >= 0.3 is 23.9 Å². The SMILES string of the molecule is CC(C)C[C@H](NC(=O)[C@H](CC(=O)O)NC(=O)[C@H](CCC(=O)O)NC(=O)[C@H](CCCCN)NC(=O)[C@@H](NC(=O)[C@H](CO)NC(=O)[C@@H](N)[C@@H](C)O)C(C)C)C(=O)N[C@@H](CC(N)=O)C(=O)N[C@H](C(=O)N[C@@H](CO)C(=O)N[C@@H](CCC(=O)O)C(=O)N[C@H](C(=O)N[C@@H](Cc1ccccc1)C(=O)N[C@@H](CCCCN)C(=O)O)C(C)C)C(C)C. The fraction of sp³-hybridized carbons (Fsp3) is 0.657. The topological polar surface area (TPSA) is 709 Å². The zero-order valence-corrected chi connectivity index (χ0v) is 64.4. The molecule has 0 bridgehead atoms. The maximum atomic E-state index is 14.3. The predicted octanol–water partition coefficient (Wildman–Crippen LogP) is -7.34. The lowest BCUT2D eigenvalue weighted by Gasteiger charge is -2.29. The van der Waals surface area contributed by atoms with Gasteiger partial charge in [0.2, 0.25) is 82.7 Å². The number of amides is 14. The molecule has 112 heavy (non-hydrogen) atoms. The Balaban J connectivity index is 3.59. The third-order valence-electron chi connectivity index (χ3n) is 17.2. The molecule has 1 aromatic rings. The number of rotatable bonds is 55. The van der Waals surface area contributed by atoms with E-state index in [9.17, 15) is 122 Å². The highest BCUT2D eigenvalue weighted by molar-refractivity contribution is 6.01. The summed E-state index contributed by atoms with van der Waals surface area (Å²) in [5.74, 6) is -25.3. The molecule has 42 heteroatoms. The predicted molar refractivity (Wildman–Crippen MR) is 396 cm³/mol. The number of carboxylic acids is 4. The van der Waals surface area contributed by atoms with Crippen LogP contribution in [0, 0.1) is 23.7 Å². The molecule has 1 aromatic carbocycles. The molecule has 0 spiro atoms. The number of aliphatic hydroxyl groups excluding tert-OH is 3. The van der Waals surface area contributed by atoms with Crippen LogP contribution >= 0.6 is 0 Å². The van der Waals surface area contributed by atoms with Crippen molar-refractivity contribution in [3.63, 3.8) is 0 Å². The minimum Gasteiger partial charge on any atom is -0.481 e. The van der Waals surface area contributed by atoms with Gasteiger partial charge in [-0.05, 0) is 107 Å². The fourth-order valence-corrected chi connectivity index (χ4v) is 10.8. The van der Waals surface area contributed by atoms with Gasteiger partial charge in [0.15, 0.2) is 0 Å². The van der Waals surface area contributed by atoms with Crippen LogP contribution in [0.4, 0.5) is 0 Å². The van der Waals surface area contributed by atoms with E-state index < -0.39 is 273 Å². The number of hydrogen-bond acceptors (Lipinski definition) is 24. The second-order valence-electron chi connectivity index (χ2n) is 28.3. The van der Waals surface area contributed by atoms with Gasteiger partial charge in [0, 0.05) is 19.3 Å². The number of aliphatic hydroxyl groups is 3. The van der Waals surface area contributed by atoms with Gasteiger partial charge in [0.1, 0.15) is 84.6 Å². The van der Waals surface area contributed by atoms with Crippen LogP contribution in [0.15, 0.2) is 30.3 Å². The van der Waals surface area contributed by atoms with Crippen LogP contribution in [0.3, 0.4) is 0 Å². The van der Waals surface area contributed by atoms with E-state index in [4.69, 9.17) is 22.9 Å². The minimum absolute atomic E-state index is 0.00733. The van der Waals surface area contributed by atoms with E-state index in [1.807, 2.05) is 0 Å². The Labute approximate surface area is 647 Å². The van der Waals surface area contributed by atoms with Crippen LogP contribution in [0.5, 0.6) is 0 Å². The molecule has 0 aliphatic carbocycles. The Hall–Kier alpha value is -10.6. The Morgan fingerprint density at radius 3 is 1.05 bits per heavy atom. The molecule has 0 saturated heterocycles. The van der Waals surface area contributed by atoms with Gasteiger partial charge in [-0.3, -0.25) is 81.5 Å². The van der Waals surface area contributed by atoms with Crippen molar-refractivity contribution in [1.29, 1.82) is 0 Å². The molecular weight excluding hydrogens is 1480 g/mol. The number of unbranched alkanes of at least 4 members (excludes halogenated alkanes) is 2. The van der Waals surface area contributed by atoms with Gasteiger partial charge in [-0.2, -0.15) is 0 Å². The Kier molecular flexibility index (Phi) is 45.4. The first-order chi connectivity index (χ1) is 52.4. The van der Waals surface area contributed by atoms with Crippen LogP contribution < -0.4 is 92.1 Å². The average molecular weight is 1590 g/mol. The summed E-state index contributed by atoms with van der Waals surface area (Å²) in [6.07, 6.45) is -6.00. The fourth-order valence-electron chi connectivity index (χ4n) is 10.8. The molecule has 42 nitrogen and oxygen atoms in total. The summed E-state index contributed by atoms with van der Waals surface area (Å²) >= 11 is 0. The van der Waals surface area contributed by atoms with E-state index in [0.29, 0.717) is 18.4 Å². The van der Waals surface area contributed by atoms with E-state index >= 15 is 0 Å². The number of aliphatic carboxylic acids is 4. The maximum Gasteiger partial charge on any atom is 0.326 e. The Morgan fingerprint density at radius 1 is 0.357 bits per heavy atom. The third-order valence-corrected chi connectivity index (χ3v) is 17.2. The first-order valence-corrected chi connectivity index (χ1v) is 36.6. The second-order valence-corrected chi connectivity index (χ2v) is 28.3. The number of carboxylic acid groups (broad SMARTS) is 4. The van der Waals surface area contributed by atoms with Crippen molar-refractivity contribution in [2.45, 2.75) is 243 Å². The van der Waals surface area contributed by atoms with Crippen LogP contribution in [-0.2, 0) is 92.7 Å². The van der Waals surface area contributed by atoms with E-state index in [2.05, 4.69) is 69.1 Å². The van der Waals surface area contributed by atoms with Crippen LogP contribution in [-0.4, -0.2) is 259 Å². The number of carbonyl (C=O) groups is 18. The molecule has 0 saturated carbocycles. The smallest absolute Gasteiger partial charge is 0.326 e. The lowest BCUT2D eigenvalue weighted by atomic mass is 9.99. The molecule has 14 amide bonds. The van der Waals surface area contributed by atoms with E-state index in [0.717, 1.165) is 0 Å². The number of benzene rings is 1. The Morgan fingerprint density at radius 2 is 0.670 bits per heavy atom. The standard InChI is InChI=1S/C70H115N17O25/c1-33(2)27-43(79-62(103)46(30-52(96)97)81-58(99)40(21-23-50(92)93)75-57(98)39(19-13-15-25-71)77-67(108)54(34(3)4)87-65(106)48(32-89)83-66(107)53(74)37(9)90)60(101)80-45(29-49(73)91)63(104)86-56(36(7)8)69(110)84-47(31-88)64(105)76-41(22-24-51(94)95)59(100)85-55(35(5)6)68(109)82-44(28-38-17-11-10-12-18-38)61(102)78-42(70(111)112)20-14-16-26-72/h10-12,17-18,33-37,39-48,53-56,88-90H,13-16,19-32,71-72,74H2,1-9H3,(H2,73,91)(H,75,98)(H,76,105)(H,77,108)(H,78,102)(H,79,103)(H,80,101)(H,81,99)(H,82,109)(H,83,107)(H,84,110)(H,85,100)(H,86,104)(H,87,106)(H,92,93)(H,94,95)(H,96,97)(H,111,112)/t37-,39+,40+,41+,42+,43+,44+,45+,46+,47+,48+,53+,54+,55+,56+/m1/s1. The van der Waals surface area contributed by atoms with Crippen molar-refractivity contribution < 1.29 is 122 Å². The molecule has 1 rings (SSSR count). The molecule has 0 unspecified atom stereocenters. The van der Waals surface area contributed by atoms with Crippen LogP contribution in [0.25, 0.3) is 0 Å². The molecule has 28 N–H and O–H groups in total. The monoisotopic (exact) mass is 1590 g/mol. The highest BCUT2D eigenvalue weighted by Crippen LogP contribution is 2.15. The van der Waals surface area contributed by atoms with Crippen LogP contribution in [0.2, 0.25) is 0 Å². The summed E-state index contributed by atoms with van der Waals surface area (Å²) in [5.41, 5.74) is 22.9. The molecule has 0 heterocycles. The van der Waals surface area contributed by atoms with E-state index in [-0.39, 0.29) is 51.6 Å².